The van der Waals surface area contributed by atoms with Crippen molar-refractivity contribution in [1.29, 1.82) is 0 Å². The van der Waals surface area contributed by atoms with E-state index in [1.807, 2.05) is 0 Å². The summed E-state index contributed by atoms with van der Waals surface area (Å²) >= 11 is 0. The monoisotopic (exact) mass is 624 g/mol. The Morgan fingerprint density at radius 3 is 2.00 bits per heavy atom. The number of hydrogen-bond donors (Lipinski definition) is 0. The van der Waals surface area contributed by atoms with Crippen LogP contribution in [0.15, 0.2) is 54.6 Å². The van der Waals surface area contributed by atoms with Crippen molar-refractivity contribution in [2.45, 2.75) is 50.8 Å². The number of fused-ring (bicyclic) bond motifs is 1. The Balaban J connectivity index is 1.40. The predicted molar refractivity (Wildman–Crippen MR) is 143 cm³/mol. The first-order valence-electron chi connectivity index (χ1n) is 13.5. The van der Waals surface area contributed by atoms with Crippen molar-refractivity contribution in [2.75, 3.05) is 0 Å². The molecule has 0 heterocycles. The van der Waals surface area contributed by atoms with Gasteiger partial charge in [-0.05, 0) is 77.6 Å². The Hall–Kier alpha value is -4.20. The van der Waals surface area contributed by atoms with Gasteiger partial charge >= 0.3 is 12.3 Å². The largest absolute Gasteiger partial charge is 0.458 e. The molecule has 0 saturated heterocycles. The average Bonchev–Trinajstić information content (AvgIpc) is 2.91. The maximum atomic E-state index is 15.0. The Labute approximate surface area is 245 Å². The molecule has 11 heteroatoms. The third kappa shape index (κ3) is 6.49. The smallest absolute Gasteiger partial charge is 0.429 e. The number of ether oxygens (including phenoxy) is 1. The van der Waals surface area contributed by atoms with Crippen LogP contribution in [-0.4, -0.2) is 6.18 Å². The molecule has 0 spiro atoms. The molecule has 230 valence electrons. The van der Waals surface area contributed by atoms with Crippen LogP contribution < -0.4 is 4.74 Å². The van der Waals surface area contributed by atoms with Crippen molar-refractivity contribution >= 4 is 10.8 Å². The zero-order chi connectivity index (χ0) is 32.0. The summed E-state index contributed by atoms with van der Waals surface area (Å²) in [5, 5.41) is -0.437. The highest BCUT2D eigenvalue weighted by Gasteiger charge is 2.41. The molecule has 1 aliphatic rings. The molecule has 0 amide bonds. The van der Waals surface area contributed by atoms with E-state index in [-0.39, 0.29) is 33.4 Å². The lowest BCUT2D eigenvalue weighted by molar-refractivity contribution is -0.189. The third-order valence-electron chi connectivity index (χ3n) is 7.70. The van der Waals surface area contributed by atoms with Gasteiger partial charge in [-0.25, -0.2) is 22.0 Å². The molecule has 1 saturated carbocycles. The van der Waals surface area contributed by atoms with E-state index in [4.69, 9.17) is 0 Å². The van der Waals surface area contributed by atoms with Crippen molar-refractivity contribution in [3.05, 3.63) is 100 Å². The summed E-state index contributed by atoms with van der Waals surface area (Å²) in [6.07, 6.45) is -6.43. The summed E-state index contributed by atoms with van der Waals surface area (Å²) in [4.78, 5) is 0. The van der Waals surface area contributed by atoms with Gasteiger partial charge < -0.3 is 4.74 Å². The molecule has 4 aromatic rings. The fraction of sp³-hybridized carbons (Fsp3) is 0.273. The number of halogens is 10. The van der Waals surface area contributed by atoms with E-state index in [2.05, 4.69) is 11.7 Å². The Morgan fingerprint density at radius 2 is 1.39 bits per heavy atom. The van der Waals surface area contributed by atoms with Crippen LogP contribution in [0.25, 0.3) is 21.9 Å². The highest BCUT2D eigenvalue weighted by atomic mass is 19.4. The van der Waals surface area contributed by atoms with Crippen molar-refractivity contribution in [2.24, 2.45) is 5.92 Å². The van der Waals surface area contributed by atoms with E-state index in [0.29, 0.717) is 24.8 Å². The van der Waals surface area contributed by atoms with Crippen LogP contribution in [0.4, 0.5) is 43.9 Å². The summed E-state index contributed by atoms with van der Waals surface area (Å²) < 4.78 is 145. The van der Waals surface area contributed by atoms with Gasteiger partial charge in [0.05, 0.1) is 5.56 Å². The van der Waals surface area contributed by atoms with Crippen molar-refractivity contribution in [3.8, 4) is 28.7 Å². The molecule has 0 radical (unpaired) electrons. The summed E-state index contributed by atoms with van der Waals surface area (Å²) in [6.45, 7) is 2.07. The van der Waals surface area contributed by atoms with Crippen molar-refractivity contribution in [1.82, 2.24) is 0 Å². The van der Waals surface area contributed by atoms with Gasteiger partial charge in [0, 0.05) is 22.9 Å². The number of hydrogen-bond acceptors (Lipinski definition) is 1. The lowest BCUT2D eigenvalue weighted by atomic mass is 9.79. The number of alkyl halides is 5. The predicted octanol–water partition coefficient (Wildman–Crippen LogP) is 10.5. The highest BCUT2D eigenvalue weighted by Crippen LogP contribution is 2.41. The fourth-order valence-corrected chi connectivity index (χ4v) is 5.44. The lowest BCUT2D eigenvalue weighted by Crippen LogP contribution is -2.25. The van der Waals surface area contributed by atoms with E-state index in [0.717, 1.165) is 61.2 Å². The van der Waals surface area contributed by atoms with E-state index in [1.165, 1.54) is 12.0 Å². The van der Waals surface area contributed by atoms with Gasteiger partial charge in [0.1, 0.15) is 40.4 Å². The Kier molecular flexibility index (Phi) is 8.31. The SMILES string of the molecule is CC1CCC(c2cc(F)c(C(F)(F)Oc3ccc(-c4ccc5c(F)c(C#CC(F)(F)F)c(F)cc5c4)c(F)c3)c(F)c2)CC1. The number of rotatable bonds is 5. The zero-order valence-electron chi connectivity index (χ0n) is 22.9. The van der Waals surface area contributed by atoms with Gasteiger partial charge in [-0.1, -0.05) is 37.8 Å². The molecule has 4 aromatic carbocycles. The van der Waals surface area contributed by atoms with Crippen LogP contribution in [0.5, 0.6) is 5.75 Å². The molecule has 0 atom stereocenters. The Bertz CT molecular complexity index is 1770. The first-order valence-corrected chi connectivity index (χ1v) is 13.5. The normalized spacial score (nSPS) is 17.3. The molecule has 0 unspecified atom stereocenters. The van der Waals surface area contributed by atoms with Crippen LogP contribution >= 0.6 is 0 Å². The van der Waals surface area contributed by atoms with Crippen molar-refractivity contribution < 1.29 is 48.6 Å². The van der Waals surface area contributed by atoms with E-state index < -0.39 is 58.2 Å². The van der Waals surface area contributed by atoms with Gasteiger partial charge in [-0.15, -0.1) is 0 Å². The average molecular weight is 625 g/mol. The summed E-state index contributed by atoms with van der Waals surface area (Å²) in [5.74, 6) is -5.06. The second-order valence-electron chi connectivity index (χ2n) is 10.8. The van der Waals surface area contributed by atoms with Crippen LogP contribution in [0.2, 0.25) is 0 Å². The molecule has 1 aliphatic carbocycles. The minimum absolute atomic E-state index is 0.0334. The lowest BCUT2D eigenvalue weighted by Gasteiger charge is -2.27. The molecular formula is C33H22F10O. The van der Waals surface area contributed by atoms with Crippen LogP contribution in [-0.2, 0) is 6.11 Å². The molecular weight excluding hydrogens is 602 g/mol. The summed E-state index contributed by atoms with van der Waals surface area (Å²) in [5.41, 5.74) is -2.61. The molecule has 0 bridgehead atoms. The second kappa shape index (κ2) is 11.7. The molecule has 1 nitrogen and oxygen atoms in total. The third-order valence-corrected chi connectivity index (χ3v) is 7.70. The van der Waals surface area contributed by atoms with Gasteiger partial charge in [0.15, 0.2) is 0 Å². The molecule has 5 rings (SSSR count). The topological polar surface area (TPSA) is 9.23 Å². The Morgan fingerprint density at radius 1 is 0.727 bits per heavy atom. The highest BCUT2D eigenvalue weighted by molar-refractivity contribution is 5.89. The van der Waals surface area contributed by atoms with Gasteiger partial charge in [-0.2, -0.15) is 22.0 Å². The number of benzene rings is 4. The van der Waals surface area contributed by atoms with Crippen molar-refractivity contribution in [3.63, 3.8) is 0 Å². The molecule has 1 fully saturated rings. The molecule has 44 heavy (non-hydrogen) atoms. The standard InChI is InChI=1S/C33H22F10O/c1-17-2-4-18(5-3-17)20-13-28(36)30(29(37)14-20)33(42,43)44-22-7-9-23(27(35)16-22)19-6-8-24-21(12-19)15-26(34)25(31(24)38)10-11-32(39,40)41/h6-9,12-18H,2-5H2,1H3. The maximum Gasteiger partial charge on any atom is 0.458 e. The van der Waals surface area contributed by atoms with Gasteiger partial charge in [0.25, 0.3) is 0 Å². The molecule has 0 aromatic heterocycles. The summed E-state index contributed by atoms with van der Waals surface area (Å²) in [7, 11) is 0. The minimum atomic E-state index is -4.98. The fourth-order valence-electron chi connectivity index (χ4n) is 5.44. The quantitative estimate of drug-likeness (QED) is 0.159. The second-order valence-corrected chi connectivity index (χ2v) is 10.8. The molecule has 0 N–H and O–H groups in total. The van der Waals surface area contributed by atoms with E-state index in [1.54, 1.807) is 0 Å². The molecule has 0 aliphatic heterocycles. The van der Waals surface area contributed by atoms with Gasteiger partial charge in [-0.3, -0.25) is 0 Å². The minimum Gasteiger partial charge on any atom is -0.429 e. The first-order chi connectivity index (χ1) is 20.6. The summed E-state index contributed by atoms with van der Waals surface area (Å²) in [6, 6.07) is 8.33. The van der Waals surface area contributed by atoms with E-state index in [9.17, 15) is 39.5 Å². The zero-order valence-corrected chi connectivity index (χ0v) is 22.9. The van der Waals surface area contributed by atoms with Gasteiger partial charge in [0.2, 0.25) is 0 Å². The first kappa shape index (κ1) is 31.2. The van der Waals surface area contributed by atoms with Crippen LogP contribution in [0.1, 0.15) is 55.2 Å². The van der Waals surface area contributed by atoms with Crippen LogP contribution in [0.3, 0.4) is 0 Å². The maximum absolute atomic E-state index is 15.0. The van der Waals surface area contributed by atoms with Crippen LogP contribution in [0, 0.1) is 46.8 Å². The van der Waals surface area contributed by atoms with E-state index >= 15 is 4.39 Å².